The molecule has 1 saturated heterocycles. The van der Waals surface area contributed by atoms with E-state index in [9.17, 15) is 13.2 Å². The summed E-state index contributed by atoms with van der Waals surface area (Å²) >= 11 is 0. The molecule has 0 radical (unpaired) electrons. The van der Waals surface area contributed by atoms with Gasteiger partial charge in [0.05, 0.1) is 17.0 Å². The van der Waals surface area contributed by atoms with E-state index in [1.54, 1.807) is 18.2 Å². The van der Waals surface area contributed by atoms with Crippen LogP contribution >= 0.6 is 0 Å². The number of amides is 1. The first-order valence-electron chi connectivity index (χ1n) is 13.8. The Kier molecular flexibility index (Phi) is 8.33. The standard InChI is InChI=1S/C31H36N4O3S/c1-2-20-39(37,38)34-26-16-17-28-27(21-26)29(31(36)33-28)30(24-10-6-5-7-11-24)32-25-14-12-23(13-15-25)22-35-18-8-3-4-9-19-35/h5-7,10-17,21,32,34H,2-4,8-9,18-20,22H2,1H3,(H,33,36)/b30-29-. The highest BCUT2D eigenvalue weighted by Gasteiger charge is 2.29. The maximum absolute atomic E-state index is 13.3. The molecule has 8 heteroatoms. The molecule has 5 rings (SSSR count). The zero-order valence-electron chi connectivity index (χ0n) is 22.4. The first kappa shape index (κ1) is 27.0. The van der Waals surface area contributed by atoms with Crippen LogP contribution in [0.15, 0.2) is 72.8 Å². The van der Waals surface area contributed by atoms with Gasteiger partial charge in [0.25, 0.3) is 5.91 Å². The number of carbonyl (C=O) groups excluding carboxylic acids is 1. The fourth-order valence-electron chi connectivity index (χ4n) is 5.25. The number of hydrogen-bond acceptors (Lipinski definition) is 5. The lowest BCUT2D eigenvalue weighted by Gasteiger charge is -2.20. The lowest BCUT2D eigenvalue weighted by atomic mass is 9.99. The van der Waals surface area contributed by atoms with Gasteiger partial charge in [0.2, 0.25) is 10.0 Å². The zero-order chi connectivity index (χ0) is 27.2. The zero-order valence-corrected chi connectivity index (χ0v) is 23.2. The molecule has 3 aromatic rings. The van der Waals surface area contributed by atoms with Crippen molar-refractivity contribution in [1.29, 1.82) is 0 Å². The summed E-state index contributed by atoms with van der Waals surface area (Å²) in [5, 5.41) is 6.44. The molecule has 0 aromatic heterocycles. The van der Waals surface area contributed by atoms with Crippen LogP contribution in [-0.4, -0.2) is 38.1 Å². The van der Waals surface area contributed by atoms with Gasteiger partial charge in [0.1, 0.15) is 0 Å². The number of nitrogens with zero attached hydrogens (tertiary/aromatic N) is 1. The third kappa shape index (κ3) is 6.69. The predicted octanol–water partition coefficient (Wildman–Crippen LogP) is 6.15. The van der Waals surface area contributed by atoms with E-state index in [2.05, 4.69) is 44.5 Å². The lowest BCUT2D eigenvalue weighted by Crippen LogP contribution is -2.23. The Morgan fingerprint density at radius 3 is 2.28 bits per heavy atom. The van der Waals surface area contributed by atoms with Crippen molar-refractivity contribution in [3.8, 4) is 0 Å². The summed E-state index contributed by atoms with van der Waals surface area (Å²) in [6.07, 6.45) is 5.68. The van der Waals surface area contributed by atoms with Gasteiger partial charge in [-0.05, 0) is 73.8 Å². The largest absolute Gasteiger partial charge is 0.354 e. The molecular formula is C31H36N4O3S. The van der Waals surface area contributed by atoms with Crippen LogP contribution in [0.5, 0.6) is 0 Å². The maximum Gasteiger partial charge on any atom is 0.258 e. The van der Waals surface area contributed by atoms with Crippen molar-refractivity contribution in [2.24, 2.45) is 0 Å². The summed E-state index contributed by atoms with van der Waals surface area (Å²) < 4.78 is 27.4. The number of rotatable bonds is 9. The van der Waals surface area contributed by atoms with Gasteiger partial charge < -0.3 is 10.6 Å². The third-order valence-corrected chi connectivity index (χ3v) is 8.64. The molecule has 2 aliphatic rings. The minimum atomic E-state index is -3.46. The smallest absolute Gasteiger partial charge is 0.258 e. The number of nitrogens with one attached hydrogen (secondary N) is 3. The quantitative estimate of drug-likeness (QED) is 0.281. The van der Waals surface area contributed by atoms with Gasteiger partial charge in [0.15, 0.2) is 0 Å². The van der Waals surface area contributed by atoms with Gasteiger partial charge in [-0.15, -0.1) is 0 Å². The van der Waals surface area contributed by atoms with E-state index in [1.165, 1.54) is 31.2 Å². The van der Waals surface area contributed by atoms with Crippen molar-refractivity contribution in [2.45, 2.75) is 45.6 Å². The lowest BCUT2D eigenvalue weighted by molar-refractivity contribution is -0.110. The number of fused-ring (bicyclic) bond motifs is 1. The maximum atomic E-state index is 13.3. The van der Waals surface area contributed by atoms with Gasteiger partial charge in [-0.1, -0.05) is 62.2 Å². The van der Waals surface area contributed by atoms with Crippen molar-refractivity contribution in [2.75, 3.05) is 34.2 Å². The minimum absolute atomic E-state index is 0.0362. The molecule has 0 atom stereocenters. The van der Waals surface area contributed by atoms with Gasteiger partial charge >= 0.3 is 0 Å². The summed E-state index contributed by atoms with van der Waals surface area (Å²) in [6, 6.07) is 23.3. The van der Waals surface area contributed by atoms with E-state index in [0.717, 1.165) is 30.9 Å². The van der Waals surface area contributed by atoms with Gasteiger partial charge in [-0.25, -0.2) is 8.42 Å². The molecule has 204 valence electrons. The molecule has 2 aliphatic heterocycles. The van der Waals surface area contributed by atoms with Crippen LogP contribution in [0.3, 0.4) is 0 Å². The molecule has 0 aliphatic carbocycles. The molecule has 3 aromatic carbocycles. The van der Waals surface area contributed by atoms with E-state index in [4.69, 9.17) is 0 Å². The second-order valence-electron chi connectivity index (χ2n) is 10.3. The van der Waals surface area contributed by atoms with Crippen LogP contribution in [0.2, 0.25) is 0 Å². The highest BCUT2D eigenvalue weighted by Crippen LogP contribution is 2.39. The SMILES string of the molecule is CCCS(=O)(=O)Nc1ccc2c(c1)/C(=C(/Nc1ccc(CN3CCCCCC3)cc1)c1ccccc1)C(=O)N2. The Hall–Kier alpha value is -3.62. The fraction of sp³-hybridized carbons (Fsp3) is 0.323. The molecule has 1 amide bonds. The normalized spacial score (nSPS) is 17.2. The van der Waals surface area contributed by atoms with Crippen LogP contribution in [0, 0.1) is 0 Å². The number of anilines is 3. The molecule has 7 nitrogen and oxygen atoms in total. The summed E-state index contributed by atoms with van der Waals surface area (Å²) in [5.74, 6) is -0.197. The third-order valence-electron chi connectivity index (χ3n) is 7.15. The van der Waals surface area contributed by atoms with E-state index < -0.39 is 10.0 Å². The highest BCUT2D eigenvalue weighted by atomic mass is 32.2. The Morgan fingerprint density at radius 2 is 1.59 bits per heavy atom. The van der Waals surface area contributed by atoms with Crippen molar-refractivity contribution in [3.63, 3.8) is 0 Å². The summed E-state index contributed by atoms with van der Waals surface area (Å²) in [6.45, 7) is 5.06. The highest BCUT2D eigenvalue weighted by molar-refractivity contribution is 7.92. The van der Waals surface area contributed by atoms with Crippen LogP contribution in [0.4, 0.5) is 17.1 Å². The Labute approximate surface area is 231 Å². The summed E-state index contributed by atoms with van der Waals surface area (Å²) in [5.41, 5.74) is 5.88. The Bertz CT molecular complexity index is 1440. The second kappa shape index (κ2) is 12.1. The molecule has 3 N–H and O–H groups in total. The first-order chi connectivity index (χ1) is 18.9. The predicted molar refractivity (Wildman–Crippen MR) is 160 cm³/mol. The molecule has 0 bridgehead atoms. The van der Waals surface area contributed by atoms with Crippen LogP contribution in [0.1, 0.15) is 55.7 Å². The monoisotopic (exact) mass is 544 g/mol. The number of benzene rings is 3. The minimum Gasteiger partial charge on any atom is -0.354 e. The van der Waals surface area contributed by atoms with Crippen LogP contribution in [-0.2, 0) is 21.4 Å². The van der Waals surface area contributed by atoms with Crippen molar-refractivity contribution in [3.05, 3.63) is 89.5 Å². The van der Waals surface area contributed by atoms with E-state index in [1.807, 2.05) is 37.3 Å². The van der Waals surface area contributed by atoms with E-state index in [0.29, 0.717) is 34.6 Å². The molecule has 0 saturated carbocycles. The molecule has 39 heavy (non-hydrogen) atoms. The summed E-state index contributed by atoms with van der Waals surface area (Å²) in [4.78, 5) is 15.8. The van der Waals surface area contributed by atoms with E-state index >= 15 is 0 Å². The van der Waals surface area contributed by atoms with Gasteiger partial charge in [-0.2, -0.15) is 0 Å². The number of hydrogen-bond donors (Lipinski definition) is 3. The topological polar surface area (TPSA) is 90.5 Å². The number of sulfonamides is 1. The van der Waals surface area contributed by atoms with Gasteiger partial charge in [0, 0.05) is 29.2 Å². The van der Waals surface area contributed by atoms with E-state index in [-0.39, 0.29) is 11.7 Å². The number of carbonyl (C=O) groups is 1. The average molecular weight is 545 g/mol. The Morgan fingerprint density at radius 1 is 0.897 bits per heavy atom. The van der Waals surface area contributed by atoms with Crippen molar-refractivity contribution >= 4 is 44.3 Å². The summed E-state index contributed by atoms with van der Waals surface area (Å²) in [7, 11) is -3.46. The number of likely N-dealkylation sites (tertiary alicyclic amines) is 1. The fourth-order valence-corrected chi connectivity index (χ4v) is 6.38. The first-order valence-corrected chi connectivity index (χ1v) is 15.4. The van der Waals surface area contributed by atoms with Crippen molar-refractivity contribution < 1.29 is 13.2 Å². The molecule has 0 unspecified atom stereocenters. The molecule has 0 spiro atoms. The molecule has 2 heterocycles. The van der Waals surface area contributed by atoms with Gasteiger partial charge in [-0.3, -0.25) is 14.4 Å². The molecular weight excluding hydrogens is 508 g/mol. The second-order valence-corrected chi connectivity index (χ2v) is 12.1. The molecule has 1 fully saturated rings. The average Bonchev–Trinajstić information content (AvgIpc) is 3.06. The van der Waals surface area contributed by atoms with Crippen molar-refractivity contribution in [1.82, 2.24) is 4.90 Å². The van der Waals surface area contributed by atoms with Crippen LogP contribution < -0.4 is 15.4 Å². The van der Waals surface area contributed by atoms with Crippen LogP contribution in [0.25, 0.3) is 11.3 Å². The Balaban J connectivity index is 1.47.